The fourth-order valence-corrected chi connectivity index (χ4v) is 4.63. The number of amides is 1. The number of hydrogen-bond acceptors (Lipinski definition) is 5. The second-order valence-corrected chi connectivity index (χ2v) is 8.89. The Morgan fingerprint density at radius 2 is 1.79 bits per heavy atom. The Hall–Kier alpha value is -3.45. The summed E-state index contributed by atoms with van der Waals surface area (Å²) in [7, 11) is 0. The Morgan fingerprint density at radius 3 is 2.50 bits per heavy atom. The van der Waals surface area contributed by atoms with Crippen molar-refractivity contribution in [3.8, 4) is 5.75 Å². The van der Waals surface area contributed by atoms with E-state index in [-0.39, 0.29) is 5.91 Å². The number of carbonyl (C=O) groups is 2. The molecule has 0 aliphatic carbocycles. The van der Waals surface area contributed by atoms with Crippen LogP contribution in [0.4, 0.5) is 0 Å². The Balaban J connectivity index is 1.38. The van der Waals surface area contributed by atoms with Crippen LogP contribution in [0.3, 0.4) is 0 Å². The highest BCUT2D eigenvalue weighted by Crippen LogP contribution is 2.21. The minimum Gasteiger partial charge on any atom is -0.489 e. The quantitative estimate of drug-likeness (QED) is 0.523. The van der Waals surface area contributed by atoms with Gasteiger partial charge >= 0.3 is 5.97 Å². The molecule has 7 nitrogen and oxygen atoms in total. The normalized spacial score (nSPS) is 16.1. The van der Waals surface area contributed by atoms with Crippen molar-refractivity contribution >= 4 is 22.8 Å². The van der Waals surface area contributed by atoms with Crippen LogP contribution in [0.5, 0.6) is 5.75 Å². The summed E-state index contributed by atoms with van der Waals surface area (Å²) in [6.45, 7) is 5.60. The number of rotatable bonds is 8. The molecule has 2 N–H and O–H groups in total. The lowest BCUT2D eigenvalue weighted by atomic mass is 10.0. The number of aliphatic carboxylic acids is 1. The van der Waals surface area contributed by atoms with Crippen molar-refractivity contribution in [3.05, 3.63) is 71.4 Å². The van der Waals surface area contributed by atoms with Gasteiger partial charge in [-0.25, -0.2) is 0 Å². The van der Waals surface area contributed by atoms with Gasteiger partial charge in [-0.15, -0.1) is 0 Å². The Labute approximate surface area is 199 Å². The van der Waals surface area contributed by atoms with E-state index >= 15 is 0 Å². The molecule has 0 radical (unpaired) electrons. The smallest absolute Gasteiger partial charge is 0.323 e. The van der Waals surface area contributed by atoms with Crippen LogP contribution >= 0.6 is 0 Å². The number of carboxylic acids is 1. The number of ether oxygens (including phenoxy) is 1. The van der Waals surface area contributed by atoms with Crippen molar-refractivity contribution in [3.63, 3.8) is 0 Å². The van der Waals surface area contributed by atoms with Gasteiger partial charge in [0.1, 0.15) is 18.4 Å². The summed E-state index contributed by atoms with van der Waals surface area (Å²) < 4.78 is 5.98. The van der Waals surface area contributed by atoms with Gasteiger partial charge in [0.25, 0.3) is 5.91 Å². The van der Waals surface area contributed by atoms with E-state index < -0.39 is 18.1 Å². The third-order valence-electron chi connectivity index (χ3n) is 6.31. The van der Waals surface area contributed by atoms with Gasteiger partial charge < -0.3 is 15.2 Å². The molecule has 178 valence electrons. The number of fused-ring (bicyclic) bond motifs is 1. The number of benzene rings is 2. The van der Waals surface area contributed by atoms with Gasteiger partial charge in [0.15, 0.2) is 0 Å². The van der Waals surface area contributed by atoms with Crippen LogP contribution in [-0.2, 0) is 11.4 Å². The maximum Gasteiger partial charge on any atom is 0.323 e. The minimum atomic E-state index is -0.905. The topological polar surface area (TPSA) is 91.8 Å². The zero-order chi connectivity index (χ0) is 24.1. The van der Waals surface area contributed by atoms with Crippen molar-refractivity contribution in [2.45, 2.75) is 51.8 Å². The molecule has 1 aliphatic heterocycles. The fraction of sp³-hybridized carbons (Fsp3) is 0.370. The fourth-order valence-electron chi connectivity index (χ4n) is 4.63. The molecule has 4 rings (SSSR count). The first kappa shape index (κ1) is 23.7. The molecular formula is C27H31N3O4. The average molecular weight is 462 g/mol. The molecule has 0 bridgehead atoms. The molecule has 1 fully saturated rings. The summed E-state index contributed by atoms with van der Waals surface area (Å²) >= 11 is 0. The molecule has 3 aromatic rings. The number of aryl methyl sites for hydroxylation is 1. The molecule has 0 spiro atoms. The number of carboxylic acid groups (broad SMARTS) is 1. The highest BCUT2D eigenvalue weighted by atomic mass is 16.5. The largest absolute Gasteiger partial charge is 0.489 e. The summed E-state index contributed by atoms with van der Waals surface area (Å²) in [4.78, 5) is 31.2. The summed E-state index contributed by atoms with van der Waals surface area (Å²) in [5.74, 6) is -0.546. The second kappa shape index (κ2) is 10.7. The van der Waals surface area contributed by atoms with Gasteiger partial charge in [-0.05, 0) is 76.2 Å². The second-order valence-electron chi connectivity index (χ2n) is 8.89. The standard InChI is InChI=1S/C27H31N3O4/c1-18-16-21(23-8-4-5-9-24(23)28-18)17-34-22-12-10-20(11-13-22)26(31)29-19(2)25(27(32)33)30-14-6-3-7-15-30/h4-5,8-13,16,19,25H,3,6-7,14-15,17H2,1-2H3,(H,29,31)(H,32,33). The van der Waals surface area contributed by atoms with Crippen LogP contribution in [0.2, 0.25) is 0 Å². The number of para-hydroxylation sites is 1. The van der Waals surface area contributed by atoms with E-state index in [1.54, 1.807) is 31.2 Å². The number of likely N-dealkylation sites (tertiary alicyclic amines) is 1. The molecular weight excluding hydrogens is 430 g/mol. The van der Waals surface area contributed by atoms with Crippen LogP contribution in [0, 0.1) is 6.92 Å². The molecule has 34 heavy (non-hydrogen) atoms. The molecule has 1 saturated heterocycles. The van der Waals surface area contributed by atoms with Gasteiger partial charge in [0.05, 0.1) is 11.6 Å². The zero-order valence-electron chi connectivity index (χ0n) is 19.7. The van der Waals surface area contributed by atoms with E-state index in [0.29, 0.717) is 17.9 Å². The molecule has 2 heterocycles. The summed E-state index contributed by atoms with van der Waals surface area (Å²) in [6, 6.07) is 15.7. The maximum atomic E-state index is 12.8. The summed E-state index contributed by atoms with van der Waals surface area (Å²) in [5, 5.41) is 13.7. The van der Waals surface area contributed by atoms with Crippen LogP contribution in [-0.4, -0.2) is 52.0 Å². The average Bonchev–Trinajstić information content (AvgIpc) is 2.83. The number of piperidine rings is 1. The van der Waals surface area contributed by atoms with E-state index in [0.717, 1.165) is 54.5 Å². The number of aromatic nitrogens is 1. The number of nitrogens with zero attached hydrogens (tertiary/aromatic N) is 2. The van der Waals surface area contributed by atoms with Gasteiger partial charge in [-0.2, -0.15) is 0 Å². The maximum absolute atomic E-state index is 12.8. The predicted octanol–water partition coefficient (Wildman–Crippen LogP) is 4.18. The lowest BCUT2D eigenvalue weighted by Crippen LogP contribution is -2.55. The molecule has 7 heteroatoms. The Morgan fingerprint density at radius 1 is 1.09 bits per heavy atom. The van der Waals surface area contributed by atoms with Gasteiger partial charge in [0, 0.05) is 22.2 Å². The van der Waals surface area contributed by atoms with E-state index in [4.69, 9.17) is 4.74 Å². The van der Waals surface area contributed by atoms with Crippen LogP contribution in [0.25, 0.3) is 10.9 Å². The van der Waals surface area contributed by atoms with Gasteiger partial charge in [-0.3, -0.25) is 19.5 Å². The SMILES string of the molecule is Cc1cc(COc2ccc(C(=O)NC(C)C(C(=O)O)N3CCCCC3)cc2)c2ccccc2n1. The molecule has 2 aromatic carbocycles. The third kappa shape index (κ3) is 5.54. The molecule has 1 amide bonds. The van der Waals surface area contributed by atoms with Gasteiger partial charge in [0.2, 0.25) is 0 Å². The van der Waals surface area contributed by atoms with Crippen molar-refractivity contribution in [2.75, 3.05) is 13.1 Å². The molecule has 1 aliphatic rings. The number of nitrogens with one attached hydrogen (secondary N) is 1. The lowest BCUT2D eigenvalue weighted by molar-refractivity contribution is -0.144. The van der Waals surface area contributed by atoms with Crippen molar-refractivity contribution < 1.29 is 19.4 Å². The van der Waals surface area contributed by atoms with Crippen LogP contribution in [0.15, 0.2) is 54.6 Å². The van der Waals surface area contributed by atoms with E-state index in [9.17, 15) is 14.7 Å². The number of pyridine rings is 1. The minimum absolute atomic E-state index is 0.293. The summed E-state index contributed by atoms with van der Waals surface area (Å²) in [5.41, 5.74) is 3.39. The predicted molar refractivity (Wildman–Crippen MR) is 131 cm³/mol. The van der Waals surface area contributed by atoms with Crippen molar-refractivity contribution in [1.82, 2.24) is 15.2 Å². The zero-order valence-corrected chi connectivity index (χ0v) is 19.7. The molecule has 2 atom stereocenters. The Bertz CT molecular complexity index is 1160. The highest BCUT2D eigenvalue weighted by Gasteiger charge is 2.32. The number of hydrogen-bond donors (Lipinski definition) is 2. The first-order valence-corrected chi connectivity index (χ1v) is 11.8. The van der Waals surface area contributed by atoms with Crippen molar-refractivity contribution in [2.24, 2.45) is 0 Å². The van der Waals surface area contributed by atoms with E-state index in [2.05, 4.69) is 10.3 Å². The molecule has 2 unspecified atom stereocenters. The monoisotopic (exact) mass is 461 g/mol. The molecule has 0 saturated carbocycles. The van der Waals surface area contributed by atoms with E-state index in [1.165, 1.54) is 0 Å². The number of carbonyl (C=O) groups excluding carboxylic acids is 1. The third-order valence-corrected chi connectivity index (χ3v) is 6.31. The van der Waals surface area contributed by atoms with Crippen LogP contribution < -0.4 is 10.1 Å². The first-order valence-electron chi connectivity index (χ1n) is 11.8. The van der Waals surface area contributed by atoms with Crippen LogP contribution in [0.1, 0.15) is 47.8 Å². The highest BCUT2D eigenvalue weighted by molar-refractivity contribution is 5.95. The molecule has 1 aromatic heterocycles. The van der Waals surface area contributed by atoms with E-state index in [1.807, 2.05) is 42.2 Å². The first-order chi connectivity index (χ1) is 16.4. The van der Waals surface area contributed by atoms with Crippen molar-refractivity contribution in [1.29, 1.82) is 0 Å². The van der Waals surface area contributed by atoms with Gasteiger partial charge in [-0.1, -0.05) is 24.6 Å². The summed E-state index contributed by atoms with van der Waals surface area (Å²) in [6.07, 6.45) is 3.09. The lowest BCUT2D eigenvalue weighted by Gasteiger charge is -2.35. The Kier molecular flexibility index (Phi) is 7.43.